The van der Waals surface area contributed by atoms with Crippen molar-refractivity contribution in [3.8, 4) is 0 Å². The molecule has 3 heteroatoms. The number of aromatic nitrogens is 1. The Hall–Kier alpha value is -2.03. The molecule has 0 bridgehead atoms. The van der Waals surface area contributed by atoms with Gasteiger partial charge >= 0.3 is 5.97 Å². The number of esters is 1. The van der Waals surface area contributed by atoms with E-state index in [-0.39, 0.29) is 5.97 Å². The first-order chi connectivity index (χ1) is 8.81. The van der Waals surface area contributed by atoms with Gasteiger partial charge in [-0.3, -0.25) is 0 Å². The van der Waals surface area contributed by atoms with Gasteiger partial charge in [0.15, 0.2) is 0 Å². The van der Waals surface area contributed by atoms with Gasteiger partial charge < -0.3 is 9.72 Å². The highest BCUT2D eigenvalue weighted by Gasteiger charge is 2.01. The second-order valence-corrected chi connectivity index (χ2v) is 4.05. The van der Waals surface area contributed by atoms with E-state index in [4.69, 9.17) is 4.74 Å². The number of carbonyl (C=O) groups excluding carboxylic acids is 1. The third-order valence-corrected chi connectivity index (χ3v) is 2.80. The van der Waals surface area contributed by atoms with Crippen molar-refractivity contribution in [2.75, 3.05) is 6.61 Å². The summed E-state index contributed by atoms with van der Waals surface area (Å²) in [6.45, 7) is 2.23. The van der Waals surface area contributed by atoms with E-state index in [1.165, 1.54) is 17.0 Å². The number of aromatic amines is 1. The maximum Gasteiger partial charge on any atom is 0.330 e. The van der Waals surface area contributed by atoms with Crippen molar-refractivity contribution in [3.63, 3.8) is 0 Å². The van der Waals surface area contributed by atoms with Crippen molar-refractivity contribution >= 4 is 16.9 Å². The molecule has 2 rings (SSSR count). The number of hydrogen-bond donors (Lipinski definition) is 1. The van der Waals surface area contributed by atoms with Gasteiger partial charge in [0.2, 0.25) is 0 Å². The molecular weight excluding hydrogens is 226 g/mol. The van der Waals surface area contributed by atoms with Gasteiger partial charge in [0.05, 0.1) is 6.61 Å². The molecule has 3 nitrogen and oxygen atoms in total. The van der Waals surface area contributed by atoms with Gasteiger partial charge in [-0.1, -0.05) is 24.3 Å². The van der Waals surface area contributed by atoms with E-state index in [2.05, 4.69) is 17.1 Å². The molecule has 0 spiro atoms. The highest BCUT2D eigenvalue weighted by molar-refractivity contribution is 5.83. The largest absolute Gasteiger partial charge is 0.463 e. The summed E-state index contributed by atoms with van der Waals surface area (Å²) in [5.41, 5.74) is 2.43. The van der Waals surface area contributed by atoms with Gasteiger partial charge in [-0.25, -0.2) is 4.79 Å². The molecular formula is C15H17NO2. The second-order valence-electron chi connectivity index (χ2n) is 4.05. The maximum atomic E-state index is 11.1. The Labute approximate surface area is 106 Å². The first kappa shape index (κ1) is 12.4. The molecule has 1 heterocycles. The standard InChI is InChI=1S/C15H17NO2/c1-2-18-15(17)10-6-3-7-12-11-16-14-9-5-4-8-13(12)14/h4-6,8-11,16H,2-3,7H2,1H3. The number of para-hydroxylation sites is 1. The van der Waals surface area contributed by atoms with Gasteiger partial charge in [0.25, 0.3) is 0 Å². The first-order valence-corrected chi connectivity index (χ1v) is 6.19. The Morgan fingerprint density at radius 1 is 1.39 bits per heavy atom. The fraction of sp³-hybridized carbons (Fsp3) is 0.267. The van der Waals surface area contributed by atoms with Gasteiger partial charge in [-0.15, -0.1) is 0 Å². The maximum absolute atomic E-state index is 11.1. The third-order valence-electron chi connectivity index (χ3n) is 2.80. The Morgan fingerprint density at radius 3 is 3.06 bits per heavy atom. The Balaban J connectivity index is 1.93. The van der Waals surface area contributed by atoms with Crippen LogP contribution in [-0.2, 0) is 16.0 Å². The molecule has 0 aliphatic rings. The lowest BCUT2D eigenvalue weighted by Crippen LogP contribution is -1.98. The predicted octanol–water partition coefficient (Wildman–Crippen LogP) is 3.22. The summed E-state index contributed by atoms with van der Waals surface area (Å²) in [4.78, 5) is 14.3. The summed E-state index contributed by atoms with van der Waals surface area (Å²) >= 11 is 0. The molecule has 2 aromatic rings. The summed E-state index contributed by atoms with van der Waals surface area (Å²) in [5, 5.41) is 1.25. The van der Waals surface area contributed by atoms with Crippen LogP contribution in [0.1, 0.15) is 18.9 Å². The smallest absolute Gasteiger partial charge is 0.330 e. The molecule has 1 N–H and O–H groups in total. The summed E-state index contributed by atoms with van der Waals surface area (Å²) in [7, 11) is 0. The molecule has 0 atom stereocenters. The van der Waals surface area contributed by atoms with Crippen LogP contribution in [0.2, 0.25) is 0 Å². The van der Waals surface area contributed by atoms with Crippen molar-refractivity contribution in [1.82, 2.24) is 4.98 Å². The van der Waals surface area contributed by atoms with E-state index in [0.717, 1.165) is 18.4 Å². The van der Waals surface area contributed by atoms with Crippen molar-refractivity contribution < 1.29 is 9.53 Å². The lowest BCUT2D eigenvalue weighted by molar-refractivity contribution is -0.137. The van der Waals surface area contributed by atoms with Crippen molar-refractivity contribution in [2.45, 2.75) is 19.8 Å². The molecule has 0 unspecified atom stereocenters. The monoisotopic (exact) mass is 243 g/mol. The molecule has 0 saturated heterocycles. The third kappa shape index (κ3) is 3.00. The zero-order valence-electron chi connectivity index (χ0n) is 10.5. The van der Waals surface area contributed by atoms with Gasteiger partial charge in [-0.05, 0) is 31.4 Å². The zero-order chi connectivity index (χ0) is 12.8. The van der Waals surface area contributed by atoms with Crippen LogP contribution in [0.5, 0.6) is 0 Å². The molecule has 0 saturated carbocycles. The topological polar surface area (TPSA) is 42.1 Å². The lowest BCUT2D eigenvalue weighted by atomic mass is 10.1. The van der Waals surface area contributed by atoms with E-state index in [1.54, 1.807) is 6.92 Å². The number of rotatable bonds is 5. The quantitative estimate of drug-likeness (QED) is 0.647. The molecule has 18 heavy (non-hydrogen) atoms. The number of hydrogen-bond acceptors (Lipinski definition) is 2. The van der Waals surface area contributed by atoms with E-state index >= 15 is 0 Å². The van der Waals surface area contributed by atoms with Gasteiger partial charge in [0, 0.05) is 23.2 Å². The minimum Gasteiger partial charge on any atom is -0.463 e. The SMILES string of the molecule is CCOC(=O)C=CCCc1c[nH]c2ccccc12. The van der Waals surface area contributed by atoms with Crippen LogP contribution < -0.4 is 0 Å². The predicted molar refractivity (Wildman–Crippen MR) is 72.4 cm³/mol. The van der Waals surface area contributed by atoms with Crippen LogP contribution in [0, 0.1) is 0 Å². The van der Waals surface area contributed by atoms with Gasteiger partial charge in [0.1, 0.15) is 0 Å². The molecule has 0 aliphatic heterocycles. The highest BCUT2D eigenvalue weighted by Crippen LogP contribution is 2.18. The number of carbonyl (C=O) groups is 1. The Kier molecular flexibility index (Phi) is 4.18. The Morgan fingerprint density at radius 2 is 2.22 bits per heavy atom. The van der Waals surface area contributed by atoms with Crippen molar-refractivity contribution in [1.29, 1.82) is 0 Å². The molecule has 0 fully saturated rings. The van der Waals surface area contributed by atoms with Crippen LogP contribution in [0.4, 0.5) is 0 Å². The number of allylic oxidation sites excluding steroid dienone is 1. The number of H-pyrrole nitrogens is 1. The van der Waals surface area contributed by atoms with Crippen LogP contribution in [0.3, 0.4) is 0 Å². The van der Waals surface area contributed by atoms with Crippen molar-refractivity contribution in [3.05, 3.63) is 48.2 Å². The first-order valence-electron chi connectivity index (χ1n) is 6.19. The minimum absolute atomic E-state index is 0.267. The normalized spacial score (nSPS) is 11.2. The molecule has 1 aromatic heterocycles. The number of benzene rings is 1. The summed E-state index contributed by atoms with van der Waals surface area (Å²) in [5.74, 6) is -0.267. The van der Waals surface area contributed by atoms with E-state index < -0.39 is 0 Å². The molecule has 94 valence electrons. The average molecular weight is 243 g/mol. The number of nitrogens with one attached hydrogen (secondary N) is 1. The molecule has 0 aliphatic carbocycles. The summed E-state index contributed by atoms with van der Waals surface area (Å²) in [6, 6.07) is 8.22. The van der Waals surface area contributed by atoms with Crippen LogP contribution in [0.15, 0.2) is 42.6 Å². The average Bonchev–Trinajstić information content (AvgIpc) is 2.78. The van der Waals surface area contributed by atoms with E-state index in [0.29, 0.717) is 6.61 Å². The fourth-order valence-electron chi connectivity index (χ4n) is 1.95. The van der Waals surface area contributed by atoms with Crippen LogP contribution >= 0.6 is 0 Å². The van der Waals surface area contributed by atoms with Gasteiger partial charge in [-0.2, -0.15) is 0 Å². The number of ether oxygens (including phenoxy) is 1. The number of fused-ring (bicyclic) bond motifs is 1. The van der Waals surface area contributed by atoms with Crippen molar-refractivity contribution in [2.24, 2.45) is 0 Å². The van der Waals surface area contributed by atoms with E-state index in [1.807, 2.05) is 24.4 Å². The molecule has 1 aromatic carbocycles. The lowest BCUT2D eigenvalue weighted by Gasteiger charge is -1.96. The minimum atomic E-state index is -0.267. The molecule has 0 radical (unpaired) electrons. The van der Waals surface area contributed by atoms with Crippen LogP contribution in [0.25, 0.3) is 10.9 Å². The number of aryl methyl sites for hydroxylation is 1. The summed E-state index contributed by atoms with van der Waals surface area (Å²) in [6.07, 6.45) is 7.14. The highest BCUT2D eigenvalue weighted by atomic mass is 16.5. The summed E-state index contributed by atoms with van der Waals surface area (Å²) < 4.78 is 4.82. The fourth-order valence-corrected chi connectivity index (χ4v) is 1.95. The second kappa shape index (κ2) is 6.05. The Bertz CT molecular complexity index is 554. The molecule has 0 amide bonds. The van der Waals surface area contributed by atoms with E-state index in [9.17, 15) is 4.79 Å². The zero-order valence-corrected chi connectivity index (χ0v) is 10.5. The van der Waals surface area contributed by atoms with Crippen LogP contribution in [-0.4, -0.2) is 17.6 Å².